The molecule has 0 saturated carbocycles. The minimum Gasteiger partial charge on any atom is -0.444 e. The molecule has 0 heterocycles. The summed E-state index contributed by atoms with van der Waals surface area (Å²) in [6.45, 7) is 19.1. The number of amides is 1. The predicted octanol–water partition coefficient (Wildman–Crippen LogP) is 4.37. The molecular weight excluding hydrogens is 338 g/mol. The van der Waals surface area contributed by atoms with E-state index in [9.17, 15) is 9.59 Å². The van der Waals surface area contributed by atoms with E-state index < -0.39 is 38.3 Å². The van der Waals surface area contributed by atoms with Gasteiger partial charge in [-0.1, -0.05) is 26.8 Å². The van der Waals surface area contributed by atoms with Gasteiger partial charge in [0, 0.05) is 0 Å². The second-order valence-electron chi connectivity index (χ2n) is 8.58. The van der Waals surface area contributed by atoms with Gasteiger partial charge >= 0.3 is 12.1 Å². The quantitative estimate of drug-likeness (QED) is 0.324. The molecule has 0 aromatic heterocycles. The molecule has 146 valence electrons. The number of ether oxygens (including phenoxy) is 2. The van der Waals surface area contributed by atoms with Gasteiger partial charge in [0.1, 0.15) is 11.6 Å². The van der Waals surface area contributed by atoms with Crippen molar-refractivity contribution in [1.82, 2.24) is 5.32 Å². The van der Waals surface area contributed by atoms with Crippen molar-refractivity contribution in [2.75, 3.05) is 0 Å². The number of nitrogens with one attached hydrogen (secondary N) is 1. The summed E-state index contributed by atoms with van der Waals surface area (Å²) in [4.78, 5) is 24.0. The van der Waals surface area contributed by atoms with Crippen molar-refractivity contribution in [2.45, 2.75) is 91.5 Å². The molecule has 0 aliphatic heterocycles. The minimum atomic E-state index is -2.11. The molecule has 0 spiro atoms. The first kappa shape index (κ1) is 23.7. The Balaban J connectivity index is 4.87. The molecule has 0 aliphatic carbocycles. The van der Waals surface area contributed by atoms with Crippen LogP contribution in [0.1, 0.15) is 55.4 Å². The van der Waals surface area contributed by atoms with Crippen LogP contribution in [0.2, 0.25) is 18.1 Å². The fourth-order valence-electron chi connectivity index (χ4n) is 1.49. The highest BCUT2D eigenvalue weighted by atomic mass is 28.4. The van der Waals surface area contributed by atoms with Crippen LogP contribution in [0.5, 0.6) is 0 Å². The molecule has 0 aliphatic rings. The Hall–Kier alpha value is -1.34. The Morgan fingerprint density at radius 1 is 1.08 bits per heavy atom. The lowest BCUT2D eigenvalue weighted by molar-refractivity contribution is -0.161. The van der Waals surface area contributed by atoms with E-state index in [2.05, 4.69) is 39.2 Å². The Morgan fingerprint density at radius 2 is 1.60 bits per heavy atom. The third-order valence-corrected chi connectivity index (χ3v) is 8.32. The van der Waals surface area contributed by atoms with E-state index in [1.165, 1.54) is 0 Å². The zero-order chi connectivity index (χ0) is 20.1. The standard InChI is InChI=1S/C18H35NO5Si/c1-11-12-14(24-25(9,10)18(6,7)8)22-15(20)13(2)19-16(21)23-17(3,4)5/h11-14H,1-10H3,(H,19,21)/b12-11-/t13-,14-/m0/s1. The zero-order valence-electron chi connectivity index (χ0n) is 17.4. The fraction of sp³-hybridized carbons (Fsp3) is 0.778. The number of rotatable bonds is 6. The summed E-state index contributed by atoms with van der Waals surface area (Å²) < 4.78 is 16.7. The molecule has 6 nitrogen and oxygen atoms in total. The van der Waals surface area contributed by atoms with Crippen LogP contribution in [0.4, 0.5) is 4.79 Å². The van der Waals surface area contributed by atoms with Gasteiger partial charge in [0.2, 0.25) is 6.29 Å². The van der Waals surface area contributed by atoms with Gasteiger partial charge in [-0.25, -0.2) is 9.59 Å². The molecule has 2 atom stereocenters. The number of alkyl carbamates (subject to hydrolysis) is 1. The Kier molecular flexibility index (Phi) is 8.37. The summed E-state index contributed by atoms with van der Waals surface area (Å²) in [5.74, 6) is -0.576. The average Bonchev–Trinajstić information content (AvgIpc) is 2.34. The second kappa shape index (κ2) is 8.85. The number of carbonyl (C=O) groups excluding carboxylic acids is 2. The highest BCUT2D eigenvalue weighted by molar-refractivity contribution is 6.74. The second-order valence-corrected chi connectivity index (χ2v) is 13.3. The first-order valence-corrected chi connectivity index (χ1v) is 11.5. The number of hydrogen-bond donors (Lipinski definition) is 1. The van der Waals surface area contributed by atoms with Gasteiger partial charge in [-0.2, -0.15) is 0 Å². The van der Waals surface area contributed by atoms with Gasteiger partial charge in [-0.3, -0.25) is 0 Å². The number of allylic oxidation sites excluding steroid dienone is 1. The summed E-state index contributed by atoms with van der Waals surface area (Å²) in [6, 6.07) is -0.842. The van der Waals surface area contributed by atoms with Crippen molar-refractivity contribution in [2.24, 2.45) is 0 Å². The molecule has 0 unspecified atom stereocenters. The van der Waals surface area contributed by atoms with Crippen molar-refractivity contribution >= 4 is 20.4 Å². The maximum atomic E-state index is 12.3. The van der Waals surface area contributed by atoms with E-state index >= 15 is 0 Å². The first-order chi connectivity index (χ1) is 11.1. The van der Waals surface area contributed by atoms with Crippen LogP contribution in [-0.2, 0) is 18.7 Å². The molecule has 0 aromatic rings. The van der Waals surface area contributed by atoms with E-state index in [1.54, 1.807) is 39.8 Å². The lowest BCUT2D eigenvalue weighted by atomic mass is 10.2. The van der Waals surface area contributed by atoms with Crippen LogP contribution >= 0.6 is 0 Å². The molecule has 0 radical (unpaired) electrons. The molecule has 0 aromatic carbocycles. The minimum absolute atomic E-state index is 0.0143. The summed E-state index contributed by atoms with van der Waals surface area (Å²) in [5, 5.41) is 2.46. The number of esters is 1. The molecule has 0 rings (SSSR count). The molecule has 0 fully saturated rings. The van der Waals surface area contributed by atoms with Crippen molar-refractivity contribution < 1.29 is 23.5 Å². The zero-order valence-corrected chi connectivity index (χ0v) is 18.4. The lowest BCUT2D eigenvalue weighted by Gasteiger charge is -2.38. The van der Waals surface area contributed by atoms with Gasteiger partial charge in [-0.15, -0.1) is 0 Å². The number of hydrogen-bond acceptors (Lipinski definition) is 5. The lowest BCUT2D eigenvalue weighted by Crippen LogP contribution is -2.47. The van der Waals surface area contributed by atoms with Crippen LogP contribution in [0, 0.1) is 0 Å². The highest BCUT2D eigenvalue weighted by Gasteiger charge is 2.40. The summed E-state index contributed by atoms with van der Waals surface area (Å²) in [7, 11) is -2.11. The van der Waals surface area contributed by atoms with Gasteiger partial charge in [0.05, 0.1) is 0 Å². The normalized spacial score (nSPS) is 15.6. The monoisotopic (exact) mass is 373 g/mol. The van der Waals surface area contributed by atoms with E-state index in [-0.39, 0.29) is 5.04 Å². The van der Waals surface area contributed by atoms with Gasteiger partial charge in [0.15, 0.2) is 8.32 Å². The molecule has 0 bridgehead atoms. The third-order valence-electron chi connectivity index (χ3n) is 3.89. The van der Waals surface area contributed by atoms with Gasteiger partial charge in [0.25, 0.3) is 0 Å². The van der Waals surface area contributed by atoms with E-state index in [0.717, 1.165) is 0 Å². The van der Waals surface area contributed by atoms with Crippen molar-refractivity contribution in [3.8, 4) is 0 Å². The van der Waals surface area contributed by atoms with Crippen molar-refractivity contribution in [3.05, 3.63) is 12.2 Å². The van der Waals surface area contributed by atoms with Crippen LogP contribution in [0.25, 0.3) is 0 Å². The summed E-state index contributed by atoms with van der Waals surface area (Å²) in [6.07, 6.45) is 2.03. The van der Waals surface area contributed by atoms with Crippen LogP contribution in [0.15, 0.2) is 12.2 Å². The number of carbonyl (C=O) groups is 2. The topological polar surface area (TPSA) is 73.9 Å². The smallest absolute Gasteiger partial charge is 0.408 e. The van der Waals surface area contributed by atoms with Crippen LogP contribution < -0.4 is 5.32 Å². The molecule has 1 amide bonds. The Morgan fingerprint density at radius 3 is 2.00 bits per heavy atom. The molecule has 25 heavy (non-hydrogen) atoms. The van der Waals surface area contributed by atoms with Gasteiger partial charge < -0.3 is 19.2 Å². The first-order valence-electron chi connectivity index (χ1n) is 8.59. The summed E-state index contributed by atoms with van der Waals surface area (Å²) in [5.41, 5.74) is -0.632. The Bertz CT molecular complexity index is 489. The van der Waals surface area contributed by atoms with Crippen molar-refractivity contribution in [1.29, 1.82) is 0 Å². The molecular formula is C18H35NO5Si. The largest absolute Gasteiger partial charge is 0.444 e. The maximum Gasteiger partial charge on any atom is 0.408 e. The Labute approximate surface area is 153 Å². The molecule has 7 heteroatoms. The van der Waals surface area contributed by atoms with Crippen LogP contribution in [-0.4, -0.2) is 38.3 Å². The van der Waals surface area contributed by atoms with Crippen molar-refractivity contribution in [3.63, 3.8) is 0 Å². The molecule has 1 N–H and O–H groups in total. The third kappa shape index (κ3) is 9.07. The van der Waals surface area contributed by atoms with Gasteiger partial charge in [-0.05, 0) is 58.8 Å². The molecule has 0 saturated heterocycles. The highest BCUT2D eigenvalue weighted by Crippen LogP contribution is 2.37. The fourth-order valence-corrected chi connectivity index (χ4v) is 2.55. The maximum absolute atomic E-state index is 12.3. The van der Waals surface area contributed by atoms with Crippen LogP contribution in [0.3, 0.4) is 0 Å². The SMILES string of the molecule is C/C=C\[C@@H](OC(=O)[C@H](C)NC(=O)OC(C)(C)C)O[Si](C)(C)C(C)(C)C. The van der Waals surface area contributed by atoms with E-state index in [0.29, 0.717) is 0 Å². The van der Waals surface area contributed by atoms with E-state index in [1.807, 2.05) is 6.92 Å². The predicted molar refractivity (Wildman–Crippen MR) is 102 cm³/mol. The summed E-state index contributed by atoms with van der Waals surface area (Å²) >= 11 is 0. The average molecular weight is 374 g/mol. The van der Waals surface area contributed by atoms with E-state index in [4.69, 9.17) is 13.9 Å².